The van der Waals surface area contributed by atoms with E-state index in [1.165, 1.54) is 33.4 Å². The number of hydrogen-bond acceptors (Lipinski definition) is 1. The molecular formula is C26H21NO. The molecule has 1 atom stereocenters. The lowest BCUT2D eigenvalue weighted by atomic mass is 9.72. The highest BCUT2D eigenvalue weighted by molar-refractivity contribution is 5.92. The Morgan fingerprint density at radius 1 is 0.857 bits per heavy atom. The van der Waals surface area contributed by atoms with E-state index in [1.54, 1.807) is 0 Å². The van der Waals surface area contributed by atoms with Crippen LogP contribution in [0.3, 0.4) is 0 Å². The van der Waals surface area contributed by atoms with Gasteiger partial charge in [-0.05, 0) is 52.8 Å². The molecule has 0 bridgehead atoms. The van der Waals surface area contributed by atoms with Gasteiger partial charge >= 0.3 is 0 Å². The minimum Gasteiger partial charge on any atom is -0.366 e. The number of benzene rings is 3. The second-order valence-electron chi connectivity index (χ2n) is 7.79. The third-order valence-electron chi connectivity index (χ3n) is 5.94. The normalized spacial score (nSPS) is 16.4. The van der Waals surface area contributed by atoms with E-state index in [-0.39, 0.29) is 11.3 Å². The number of carbonyl (C=O) groups excluding carboxylic acids is 1. The van der Waals surface area contributed by atoms with Crippen LogP contribution < -0.4 is 5.73 Å². The number of hydrogen-bond donors (Lipinski definition) is 1. The average Bonchev–Trinajstić information content (AvgIpc) is 3.30. The fraction of sp³-hybridized carbons (Fsp3) is 0.115. The van der Waals surface area contributed by atoms with Crippen LogP contribution in [0.4, 0.5) is 0 Å². The van der Waals surface area contributed by atoms with Crippen LogP contribution in [0.5, 0.6) is 0 Å². The van der Waals surface area contributed by atoms with Gasteiger partial charge in [-0.3, -0.25) is 4.79 Å². The molecule has 136 valence electrons. The molecule has 0 aliphatic heterocycles. The molecule has 0 heterocycles. The van der Waals surface area contributed by atoms with Crippen molar-refractivity contribution in [2.45, 2.75) is 12.8 Å². The zero-order valence-electron chi connectivity index (χ0n) is 15.6. The van der Waals surface area contributed by atoms with Crippen molar-refractivity contribution in [2.75, 3.05) is 0 Å². The maximum Gasteiger partial charge on any atom is 0.248 e. The standard InChI is InChI=1S/C26H21NO/c27-25(28)19-11-9-18(10-12-19)15-26(16-22-7-3-4-8-23(22)17-26)24-13-20-5-1-2-6-21(20)14-24/h1-14,16H,15,17H2,(H2,27,28)/t26-/m0/s1. The Kier molecular flexibility index (Phi) is 3.94. The summed E-state index contributed by atoms with van der Waals surface area (Å²) in [7, 11) is 0. The maximum absolute atomic E-state index is 11.4. The van der Waals surface area contributed by atoms with Crippen LogP contribution in [0, 0.1) is 18.3 Å². The summed E-state index contributed by atoms with van der Waals surface area (Å²) in [6.45, 7) is 0. The minimum absolute atomic E-state index is 0.0864. The molecule has 2 N–H and O–H groups in total. The van der Waals surface area contributed by atoms with Gasteiger partial charge in [0, 0.05) is 23.8 Å². The van der Waals surface area contributed by atoms with Crippen molar-refractivity contribution in [1.82, 2.24) is 0 Å². The molecule has 2 aliphatic carbocycles. The smallest absolute Gasteiger partial charge is 0.248 e. The molecule has 3 aromatic carbocycles. The van der Waals surface area contributed by atoms with E-state index < -0.39 is 0 Å². The van der Waals surface area contributed by atoms with Crippen LogP contribution in [0.25, 0.3) is 6.08 Å². The lowest BCUT2D eigenvalue weighted by Gasteiger charge is -2.31. The van der Waals surface area contributed by atoms with Gasteiger partial charge in [0.25, 0.3) is 0 Å². The molecule has 28 heavy (non-hydrogen) atoms. The van der Waals surface area contributed by atoms with Gasteiger partial charge in [-0.1, -0.05) is 72.3 Å². The van der Waals surface area contributed by atoms with Crippen molar-refractivity contribution >= 4 is 12.0 Å². The van der Waals surface area contributed by atoms with E-state index in [4.69, 9.17) is 5.73 Å². The van der Waals surface area contributed by atoms with Crippen molar-refractivity contribution < 1.29 is 4.79 Å². The van der Waals surface area contributed by atoms with Crippen LogP contribution in [-0.4, -0.2) is 5.91 Å². The quantitative estimate of drug-likeness (QED) is 0.713. The number of fused-ring (bicyclic) bond motifs is 2. The lowest BCUT2D eigenvalue weighted by molar-refractivity contribution is 0.100. The van der Waals surface area contributed by atoms with Crippen LogP contribution in [0.2, 0.25) is 0 Å². The van der Waals surface area contributed by atoms with Crippen molar-refractivity contribution in [3.63, 3.8) is 0 Å². The monoisotopic (exact) mass is 363 g/mol. The molecule has 0 saturated carbocycles. The van der Waals surface area contributed by atoms with E-state index in [2.05, 4.69) is 67.4 Å². The lowest BCUT2D eigenvalue weighted by Crippen LogP contribution is -2.25. The second-order valence-corrected chi connectivity index (χ2v) is 7.79. The highest BCUT2D eigenvalue weighted by atomic mass is 16.1. The first-order valence-corrected chi connectivity index (χ1v) is 9.62. The van der Waals surface area contributed by atoms with Crippen molar-refractivity contribution in [1.29, 1.82) is 0 Å². The summed E-state index contributed by atoms with van der Waals surface area (Å²) in [5, 5.41) is 0. The number of amides is 1. The van der Waals surface area contributed by atoms with Crippen molar-refractivity contribution in [3.8, 4) is 0 Å². The summed E-state index contributed by atoms with van der Waals surface area (Å²) in [6.07, 6.45) is 8.96. The summed E-state index contributed by atoms with van der Waals surface area (Å²) in [4.78, 5) is 11.4. The maximum atomic E-state index is 11.4. The SMILES string of the molecule is NC(=O)c1ccc(C[C@]2(C3=Cc4ccccc4[CH]3)[CH]c3ccccc3C2)cc1. The molecule has 0 unspecified atom stereocenters. The highest BCUT2D eigenvalue weighted by Gasteiger charge is 2.42. The number of carbonyl (C=O) groups is 1. The Morgan fingerprint density at radius 2 is 1.54 bits per heavy atom. The molecule has 2 aliphatic rings. The van der Waals surface area contributed by atoms with Gasteiger partial charge in [-0.2, -0.15) is 0 Å². The Hall–Kier alpha value is -3.13. The summed E-state index contributed by atoms with van der Waals surface area (Å²) in [5.74, 6) is -0.386. The molecule has 2 radical (unpaired) electrons. The molecule has 2 nitrogen and oxygen atoms in total. The van der Waals surface area contributed by atoms with Crippen LogP contribution >= 0.6 is 0 Å². The zero-order valence-corrected chi connectivity index (χ0v) is 15.6. The average molecular weight is 363 g/mol. The predicted molar refractivity (Wildman–Crippen MR) is 112 cm³/mol. The third kappa shape index (κ3) is 2.86. The van der Waals surface area contributed by atoms with Gasteiger partial charge in [0.15, 0.2) is 0 Å². The molecule has 3 aromatic rings. The van der Waals surface area contributed by atoms with Crippen LogP contribution in [-0.2, 0) is 12.8 Å². The number of rotatable bonds is 4. The summed E-state index contributed by atoms with van der Waals surface area (Å²) >= 11 is 0. The molecular weight excluding hydrogens is 342 g/mol. The Balaban J connectivity index is 1.53. The fourth-order valence-corrected chi connectivity index (χ4v) is 4.51. The van der Waals surface area contributed by atoms with E-state index in [0.29, 0.717) is 5.56 Å². The first-order chi connectivity index (χ1) is 13.6. The molecule has 0 spiro atoms. The Morgan fingerprint density at radius 3 is 2.21 bits per heavy atom. The first-order valence-electron chi connectivity index (χ1n) is 9.62. The summed E-state index contributed by atoms with van der Waals surface area (Å²) in [5.41, 5.74) is 13.7. The second kappa shape index (κ2) is 6.49. The molecule has 0 fully saturated rings. The highest BCUT2D eigenvalue weighted by Crippen LogP contribution is 2.50. The van der Waals surface area contributed by atoms with Gasteiger partial charge in [0.05, 0.1) is 0 Å². The zero-order chi connectivity index (χ0) is 19.1. The van der Waals surface area contributed by atoms with Gasteiger partial charge < -0.3 is 5.73 Å². The Bertz CT molecular complexity index is 1070. The van der Waals surface area contributed by atoms with Gasteiger partial charge in [0.1, 0.15) is 0 Å². The molecule has 0 aromatic heterocycles. The first kappa shape index (κ1) is 17.0. The number of allylic oxidation sites excluding steroid dienone is 1. The number of nitrogens with two attached hydrogens (primary N) is 1. The summed E-state index contributed by atoms with van der Waals surface area (Å²) in [6, 6.07) is 24.9. The molecule has 5 rings (SSSR count). The molecule has 1 amide bonds. The summed E-state index contributed by atoms with van der Waals surface area (Å²) < 4.78 is 0. The molecule has 2 heteroatoms. The Labute approximate surface area is 165 Å². The van der Waals surface area contributed by atoms with E-state index >= 15 is 0 Å². The van der Waals surface area contributed by atoms with Gasteiger partial charge in [0.2, 0.25) is 5.91 Å². The van der Waals surface area contributed by atoms with E-state index in [9.17, 15) is 4.79 Å². The van der Waals surface area contributed by atoms with Crippen LogP contribution in [0.15, 0.2) is 78.4 Å². The van der Waals surface area contributed by atoms with E-state index in [1.807, 2.05) is 24.3 Å². The van der Waals surface area contributed by atoms with Crippen LogP contribution in [0.1, 0.15) is 38.2 Å². The number of primary amides is 1. The van der Waals surface area contributed by atoms with Gasteiger partial charge in [-0.25, -0.2) is 0 Å². The fourth-order valence-electron chi connectivity index (χ4n) is 4.51. The van der Waals surface area contributed by atoms with Crippen molar-refractivity contribution in [3.05, 3.63) is 125 Å². The largest absolute Gasteiger partial charge is 0.366 e. The predicted octanol–water partition coefficient (Wildman–Crippen LogP) is 4.77. The van der Waals surface area contributed by atoms with Gasteiger partial charge in [-0.15, -0.1) is 0 Å². The van der Waals surface area contributed by atoms with Crippen molar-refractivity contribution in [2.24, 2.45) is 11.1 Å². The topological polar surface area (TPSA) is 43.1 Å². The molecule has 0 saturated heterocycles. The third-order valence-corrected chi connectivity index (χ3v) is 5.94. The van der Waals surface area contributed by atoms with E-state index in [0.717, 1.165) is 12.8 Å². The minimum atomic E-state index is -0.386.